The predicted octanol–water partition coefficient (Wildman–Crippen LogP) is 6.66. The molecule has 0 aliphatic heterocycles. The van der Waals surface area contributed by atoms with E-state index >= 15 is 0 Å². The van der Waals surface area contributed by atoms with E-state index in [1.54, 1.807) is 42.7 Å². The number of hydrogen-bond acceptors (Lipinski definition) is 4. The maximum Gasteiger partial charge on any atom is 0.163 e. The normalized spacial score (nSPS) is 11.0. The third kappa shape index (κ3) is 4.23. The van der Waals surface area contributed by atoms with E-state index in [-0.39, 0.29) is 0 Å². The van der Waals surface area contributed by atoms with E-state index < -0.39 is 23.3 Å². The first-order valence-electron chi connectivity index (χ1n) is 9.87. The Bertz CT molecular complexity index is 1470. The minimum absolute atomic E-state index is 0.294. The molecule has 0 saturated carbocycles. The quantitative estimate of drug-likeness (QED) is 0.314. The summed E-state index contributed by atoms with van der Waals surface area (Å²) in [5.74, 6) is -2.66. The van der Waals surface area contributed by atoms with E-state index in [1.807, 2.05) is 0 Å². The molecule has 5 rings (SSSR count). The zero-order chi connectivity index (χ0) is 22.9. The molecule has 0 aliphatic rings. The molecule has 0 radical (unpaired) electrons. The largest absolute Gasteiger partial charge is 0.340 e. The smallest absolute Gasteiger partial charge is 0.163 e. The van der Waals surface area contributed by atoms with E-state index in [4.69, 9.17) is 0 Å². The van der Waals surface area contributed by atoms with Crippen LogP contribution in [0.1, 0.15) is 0 Å². The predicted molar refractivity (Wildman–Crippen MR) is 118 cm³/mol. The van der Waals surface area contributed by atoms with Gasteiger partial charge in [0.25, 0.3) is 0 Å². The highest BCUT2D eigenvalue weighted by atomic mass is 19.2. The van der Waals surface area contributed by atoms with E-state index in [0.29, 0.717) is 44.9 Å². The van der Waals surface area contributed by atoms with Crippen molar-refractivity contribution in [2.75, 3.05) is 5.32 Å². The van der Waals surface area contributed by atoms with Crippen LogP contribution in [0.15, 0.2) is 79.1 Å². The summed E-state index contributed by atoms with van der Waals surface area (Å²) >= 11 is 0. The molecule has 0 saturated heterocycles. The van der Waals surface area contributed by atoms with Gasteiger partial charge in [-0.15, -0.1) is 0 Å². The van der Waals surface area contributed by atoms with E-state index in [0.717, 1.165) is 18.2 Å². The number of nitrogens with one attached hydrogen (secondary N) is 1. The Balaban J connectivity index is 1.68. The van der Waals surface area contributed by atoms with Crippen molar-refractivity contribution in [3.8, 4) is 22.5 Å². The first kappa shape index (κ1) is 20.6. The number of halogens is 4. The molecule has 0 bridgehead atoms. The molecule has 0 spiro atoms. The van der Waals surface area contributed by atoms with Crippen LogP contribution in [0.25, 0.3) is 33.4 Å². The molecule has 2 heterocycles. The molecular formula is C25H14F4N4. The van der Waals surface area contributed by atoms with Gasteiger partial charge in [0.15, 0.2) is 17.5 Å². The van der Waals surface area contributed by atoms with Crippen molar-refractivity contribution in [2.45, 2.75) is 0 Å². The first-order valence-corrected chi connectivity index (χ1v) is 9.87. The van der Waals surface area contributed by atoms with Crippen molar-refractivity contribution in [3.05, 3.63) is 102 Å². The van der Waals surface area contributed by atoms with Gasteiger partial charge in [-0.2, -0.15) is 0 Å². The number of fused-ring (bicyclic) bond motifs is 1. The van der Waals surface area contributed by atoms with Gasteiger partial charge < -0.3 is 5.32 Å². The zero-order valence-corrected chi connectivity index (χ0v) is 16.9. The van der Waals surface area contributed by atoms with E-state index in [2.05, 4.69) is 20.3 Å². The molecule has 0 amide bonds. The van der Waals surface area contributed by atoms with Crippen molar-refractivity contribution >= 4 is 22.4 Å². The molecule has 4 nitrogen and oxygen atoms in total. The van der Waals surface area contributed by atoms with Crippen molar-refractivity contribution in [1.29, 1.82) is 0 Å². The molecule has 5 aromatic rings. The van der Waals surface area contributed by atoms with Crippen molar-refractivity contribution < 1.29 is 17.6 Å². The zero-order valence-electron chi connectivity index (χ0n) is 16.9. The molecule has 2 aromatic heterocycles. The molecule has 0 unspecified atom stereocenters. The Morgan fingerprint density at radius 3 is 2.21 bits per heavy atom. The third-order valence-electron chi connectivity index (χ3n) is 4.99. The summed E-state index contributed by atoms with van der Waals surface area (Å²) in [6.45, 7) is 0. The van der Waals surface area contributed by atoms with Gasteiger partial charge >= 0.3 is 0 Å². The number of rotatable bonds is 4. The summed E-state index contributed by atoms with van der Waals surface area (Å²) in [7, 11) is 0. The third-order valence-corrected chi connectivity index (χ3v) is 4.99. The fourth-order valence-electron chi connectivity index (χ4n) is 3.46. The molecule has 162 valence electrons. The van der Waals surface area contributed by atoms with Crippen LogP contribution in [-0.4, -0.2) is 15.0 Å². The molecular weight excluding hydrogens is 432 g/mol. The molecule has 0 fully saturated rings. The molecule has 8 heteroatoms. The second-order valence-electron chi connectivity index (χ2n) is 7.28. The molecule has 0 atom stereocenters. The summed E-state index contributed by atoms with van der Waals surface area (Å²) in [6.07, 6.45) is 3.20. The van der Waals surface area contributed by atoms with E-state index in [1.165, 1.54) is 18.2 Å². The highest BCUT2D eigenvalue weighted by Crippen LogP contribution is 2.31. The molecule has 3 aromatic carbocycles. The Hall–Kier alpha value is -4.33. The van der Waals surface area contributed by atoms with Crippen LogP contribution in [-0.2, 0) is 0 Å². The van der Waals surface area contributed by atoms with E-state index in [9.17, 15) is 17.6 Å². The van der Waals surface area contributed by atoms with Gasteiger partial charge in [-0.05, 0) is 59.7 Å². The summed E-state index contributed by atoms with van der Waals surface area (Å²) in [6, 6.07) is 15.3. The summed E-state index contributed by atoms with van der Waals surface area (Å²) in [5.41, 5.74) is 2.31. The van der Waals surface area contributed by atoms with Crippen LogP contribution in [0.4, 0.5) is 29.1 Å². The van der Waals surface area contributed by atoms with Crippen LogP contribution in [0.2, 0.25) is 0 Å². The van der Waals surface area contributed by atoms with Gasteiger partial charge in [-0.1, -0.05) is 6.07 Å². The first-order chi connectivity index (χ1) is 16.0. The number of anilines is 2. The van der Waals surface area contributed by atoms with Crippen LogP contribution >= 0.6 is 0 Å². The second-order valence-corrected chi connectivity index (χ2v) is 7.28. The van der Waals surface area contributed by atoms with Crippen molar-refractivity contribution in [3.63, 3.8) is 0 Å². The van der Waals surface area contributed by atoms with Crippen LogP contribution < -0.4 is 5.32 Å². The van der Waals surface area contributed by atoms with Gasteiger partial charge in [0.05, 0.1) is 5.52 Å². The molecule has 1 N–H and O–H groups in total. The number of aromatic nitrogens is 3. The Kier molecular flexibility index (Phi) is 5.18. The Morgan fingerprint density at radius 2 is 1.48 bits per heavy atom. The average Bonchev–Trinajstić information content (AvgIpc) is 2.81. The van der Waals surface area contributed by atoms with Gasteiger partial charge in [-0.3, -0.25) is 4.98 Å². The summed E-state index contributed by atoms with van der Waals surface area (Å²) in [4.78, 5) is 13.2. The highest BCUT2D eigenvalue weighted by Gasteiger charge is 2.13. The number of hydrogen-bond donors (Lipinski definition) is 1. The second kappa shape index (κ2) is 8.31. The number of nitrogens with zero attached hydrogens (tertiary/aromatic N) is 3. The van der Waals surface area contributed by atoms with Crippen LogP contribution in [0.5, 0.6) is 0 Å². The standard InChI is InChI=1S/C25H14F4N4/c26-17-8-16(9-18(27)11-17)14-3-5-20-23(10-14)32-24(15-2-1-7-30-13-15)33-25(20)31-19-4-6-21(28)22(29)12-19/h1-13H,(H,31,32,33). The summed E-state index contributed by atoms with van der Waals surface area (Å²) < 4.78 is 54.6. The fraction of sp³-hybridized carbons (Fsp3) is 0. The maximum atomic E-state index is 13.7. The van der Waals surface area contributed by atoms with Crippen molar-refractivity contribution in [2.24, 2.45) is 0 Å². The average molecular weight is 446 g/mol. The lowest BCUT2D eigenvalue weighted by molar-refractivity contribution is 0.509. The SMILES string of the molecule is Fc1cc(F)cc(-c2ccc3c(Nc4ccc(F)c(F)c4)nc(-c4cccnc4)nc3c2)c1. The molecule has 33 heavy (non-hydrogen) atoms. The van der Waals surface area contributed by atoms with Gasteiger partial charge in [-0.25, -0.2) is 27.5 Å². The van der Waals surface area contributed by atoms with Gasteiger partial charge in [0.2, 0.25) is 0 Å². The van der Waals surface area contributed by atoms with Crippen LogP contribution in [0, 0.1) is 23.3 Å². The minimum atomic E-state index is -0.999. The number of pyridine rings is 1. The lowest BCUT2D eigenvalue weighted by Crippen LogP contribution is -2.00. The molecule has 0 aliphatic carbocycles. The summed E-state index contributed by atoms with van der Waals surface area (Å²) in [5, 5.41) is 3.58. The van der Waals surface area contributed by atoms with Gasteiger partial charge in [0.1, 0.15) is 17.5 Å². The monoisotopic (exact) mass is 446 g/mol. The van der Waals surface area contributed by atoms with Crippen molar-refractivity contribution in [1.82, 2.24) is 15.0 Å². The minimum Gasteiger partial charge on any atom is -0.340 e. The van der Waals surface area contributed by atoms with Crippen LogP contribution in [0.3, 0.4) is 0 Å². The lowest BCUT2D eigenvalue weighted by Gasteiger charge is -2.12. The fourth-order valence-corrected chi connectivity index (χ4v) is 3.46. The Morgan fingerprint density at radius 1 is 0.667 bits per heavy atom. The lowest BCUT2D eigenvalue weighted by atomic mass is 10.0. The topological polar surface area (TPSA) is 50.7 Å². The number of benzene rings is 3. The van der Waals surface area contributed by atoms with Gasteiger partial charge in [0, 0.05) is 41.2 Å². The Labute approximate surface area is 185 Å². The maximum absolute atomic E-state index is 13.7. The highest BCUT2D eigenvalue weighted by molar-refractivity contribution is 5.94.